The molecule has 0 saturated heterocycles. The second-order valence-electron chi connectivity index (χ2n) is 4.66. The molecule has 0 radical (unpaired) electrons. The zero-order chi connectivity index (χ0) is 14.8. The molecule has 1 N–H and O–H groups in total. The highest BCUT2D eigenvalue weighted by molar-refractivity contribution is 7.73. The van der Waals surface area contributed by atoms with Crippen LogP contribution in [0.15, 0.2) is 53.9 Å². The van der Waals surface area contributed by atoms with E-state index in [1.807, 2.05) is 54.1 Å². The Morgan fingerprint density at radius 3 is 2.62 bits per heavy atom. The summed E-state index contributed by atoms with van der Waals surface area (Å²) in [6.45, 7) is 2.00. The van der Waals surface area contributed by atoms with Crippen LogP contribution in [0.3, 0.4) is 0 Å². The molecular formula is C16H13ClN2S2. The van der Waals surface area contributed by atoms with Crippen molar-refractivity contribution in [3.8, 4) is 11.3 Å². The number of benzene rings is 2. The molecule has 2 aromatic carbocycles. The number of nitrogens with one attached hydrogen (secondary N) is 1. The van der Waals surface area contributed by atoms with Gasteiger partial charge >= 0.3 is 0 Å². The van der Waals surface area contributed by atoms with Gasteiger partial charge in [0.15, 0.2) is 3.95 Å². The summed E-state index contributed by atoms with van der Waals surface area (Å²) in [5, 5.41) is 2.83. The van der Waals surface area contributed by atoms with Crippen LogP contribution in [0.2, 0.25) is 5.02 Å². The minimum atomic E-state index is 0.773. The molecule has 0 fully saturated rings. The minimum Gasteiger partial charge on any atom is -0.292 e. The fraction of sp³-hybridized carbons (Fsp3) is 0.0625. The topological polar surface area (TPSA) is 17.0 Å². The van der Waals surface area contributed by atoms with Crippen LogP contribution in [0.1, 0.15) is 5.56 Å². The molecule has 5 heteroatoms. The number of anilines is 1. The first-order valence-corrected chi connectivity index (χ1v) is 8.11. The van der Waals surface area contributed by atoms with Crippen LogP contribution in [0.4, 0.5) is 5.69 Å². The van der Waals surface area contributed by atoms with Crippen LogP contribution in [-0.4, -0.2) is 4.68 Å². The maximum absolute atomic E-state index is 6.10. The summed E-state index contributed by atoms with van der Waals surface area (Å²) in [5.74, 6) is 0. The quantitative estimate of drug-likeness (QED) is 0.612. The lowest BCUT2D eigenvalue weighted by Crippen LogP contribution is -2.10. The minimum absolute atomic E-state index is 0.773. The summed E-state index contributed by atoms with van der Waals surface area (Å²) < 4.78 is 2.71. The van der Waals surface area contributed by atoms with Gasteiger partial charge in [-0.15, -0.1) is 11.3 Å². The summed E-state index contributed by atoms with van der Waals surface area (Å²) in [6, 6.07) is 16.0. The number of rotatable bonds is 3. The van der Waals surface area contributed by atoms with Gasteiger partial charge in [-0.05, 0) is 49.0 Å². The molecule has 1 aromatic heterocycles. The fourth-order valence-electron chi connectivity index (χ4n) is 2.06. The zero-order valence-electron chi connectivity index (χ0n) is 11.3. The van der Waals surface area contributed by atoms with Gasteiger partial charge in [0.2, 0.25) is 0 Å². The number of halogens is 1. The number of thiazole rings is 1. The van der Waals surface area contributed by atoms with Gasteiger partial charge in [-0.1, -0.05) is 35.9 Å². The average molecular weight is 333 g/mol. The molecule has 0 saturated carbocycles. The summed E-state index contributed by atoms with van der Waals surface area (Å²) >= 11 is 13.1. The maximum atomic E-state index is 6.10. The van der Waals surface area contributed by atoms with Crippen molar-refractivity contribution in [1.29, 1.82) is 0 Å². The monoisotopic (exact) mass is 332 g/mol. The third-order valence-electron chi connectivity index (χ3n) is 3.16. The number of aromatic nitrogens is 1. The number of aryl methyl sites for hydroxylation is 1. The molecule has 0 atom stereocenters. The molecule has 21 heavy (non-hydrogen) atoms. The van der Waals surface area contributed by atoms with Crippen molar-refractivity contribution in [2.75, 3.05) is 5.43 Å². The van der Waals surface area contributed by atoms with E-state index in [0.717, 1.165) is 31.5 Å². The molecule has 0 aliphatic rings. The Balaban J connectivity index is 2.04. The zero-order valence-corrected chi connectivity index (χ0v) is 13.7. The lowest BCUT2D eigenvalue weighted by molar-refractivity contribution is 0.972. The lowest BCUT2D eigenvalue weighted by atomic mass is 10.1. The number of nitrogens with zero attached hydrogens (tertiary/aromatic N) is 1. The Hall–Kier alpha value is -1.62. The predicted molar refractivity (Wildman–Crippen MR) is 93.8 cm³/mol. The molecule has 1 heterocycles. The highest BCUT2D eigenvalue weighted by atomic mass is 35.5. The van der Waals surface area contributed by atoms with Crippen LogP contribution in [-0.2, 0) is 0 Å². The van der Waals surface area contributed by atoms with Crippen LogP contribution >= 0.6 is 35.2 Å². The molecule has 0 aliphatic carbocycles. The fourth-order valence-corrected chi connectivity index (χ4v) is 3.17. The molecule has 0 unspecified atom stereocenters. The van der Waals surface area contributed by atoms with E-state index < -0.39 is 0 Å². The Bertz CT molecular complexity index is 822. The molecule has 106 valence electrons. The van der Waals surface area contributed by atoms with E-state index in [0.29, 0.717) is 0 Å². The molecule has 3 aromatic rings. The first-order chi connectivity index (χ1) is 10.1. The van der Waals surface area contributed by atoms with Crippen molar-refractivity contribution >= 4 is 40.8 Å². The van der Waals surface area contributed by atoms with Crippen molar-refractivity contribution in [2.24, 2.45) is 0 Å². The molecule has 0 amide bonds. The number of hydrogen-bond donors (Lipinski definition) is 1. The van der Waals surface area contributed by atoms with E-state index in [1.165, 1.54) is 11.3 Å². The van der Waals surface area contributed by atoms with E-state index >= 15 is 0 Å². The van der Waals surface area contributed by atoms with E-state index in [9.17, 15) is 0 Å². The van der Waals surface area contributed by atoms with Gasteiger partial charge in [0.1, 0.15) is 0 Å². The maximum Gasteiger partial charge on any atom is 0.180 e. The summed E-state index contributed by atoms with van der Waals surface area (Å²) in [7, 11) is 0. The number of hydrogen-bond acceptors (Lipinski definition) is 3. The second kappa shape index (κ2) is 6.02. The summed E-state index contributed by atoms with van der Waals surface area (Å²) in [4.78, 5) is 0. The average Bonchev–Trinajstić information content (AvgIpc) is 2.85. The van der Waals surface area contributed by atoms with Gasteiger partial charge in [0.05, 0.1) is 11.4 Å². The van der Waals surface area contributed by atoms with E-state index in [1.54, 1.807) is 0 Å². The van der Waals surface area contributed by atoms with Gasteiger partial charge in [0, 0.05) is 16.0 Å². The first-order valence-electron chi connectivity index (χ1n) is 6.44. The third kappa shape index (κ3) is 3.02. The van der Waals surface area contributed by atoms with E-state index in [4.69, 9.17) is 23.8 Å². The molecule has 0 aliphatic heterocycles. The molecule has 3 rings (SSSR count). The smallest absolute Gasteiger partial charge is 0.180 e. The Morgan fingerprint density at radius 2 is 1.90 bits per heavy atom. The SMILES string of the molecule is Cc1cc(-c2csc(=S)n2Nc2ccccc2)ccc1Cl. The van der Waals surface area contributed by atoms with Gasteiger partial charge in [-0.25, -0.2) is 4.68 Å². The predicted octanol–water partition coefficient (Wildman–Crippen LogP) is 5.78. The molecular weight excluding hydrogens is 320 g/mol. The van der Waals surface area contributed by atoms with Crippen LogP contribution < -0.4 is 5.43 Å². The Kier molecular flexibility index (Phi) is 4.10. The van der Waals surface area contributed by atoms with Crippen molar-refractivity contribution in [3.05, 3.63) is 68.5 Å². The second-order valence-corrected chi connectivity index (χ2v) is 6.57. The van der Waals surface area contributed by atoms with E-state index in [-0.39, 0.29) is 0 Å². The Labute approximate surface area is 137 Å². The van der Waals surface area contributed by atoms with Crippen molar-refractivity contribution < 1.29 is 0 Å². The third-order valence-corrected chi connectivity index (χ3v) is 4.78. The van der Waals surface area contributed by atoms with Crippen molar-refractivity contribution in [2.45, 2.75) is 6.92 Å². The van der Waals surface area contributed by atoms with Crippen LogP contribution in [0, 0.1) is 10.9 Å². The normalized spacial score (nSPS) is 10.6. The first kappa shape index (κ1) is 14.3. The van der Waals surface area contributed by atoms with Gasteiger partial charge in [-0.2, -0.15) is 0 Å². The number of para-hydroxylation sites is 1. The molecule has 0 spiro atoms. The molecule has 2 nitrogen and oxygen atoms in total. The summed E-state index contributed by atoms with van der Waals surface area (Å²) in [5.41, 5.74) is 7.52. The largest absolute Gasteiger partial charge is 0.292 e. The van der Waals surface area contributed by atoms with Gasteiger partial charge in [-0.3, -0.25) is 5.43 Å². The van der Waals surface area contributed by atoms with Crippen LogP contribution in [0.25, 0.3) is 11.3 Å². The van der Waals surface area contributed by atoms with Crippen LogP contribution in [0.5, 0.6) is 0 Å². The van der Waals surface area contributed by atoms with Gasteiger partial charge in [0.25, 0.3) is 0 Å². The van der Waals surface area contributed by atoms with Crippen molar-refractivity contribution in [3.63, 3.8) is 0 Å². The molecule has 0 bridgehead atoms. The van der Waals surface area contributed by atoms with Crippen molar-refractivity contribution in [1.82, 2.24) is 4.68 Å². The highest BCUT2D eigenvalue weighted by Gasteiger charge is 2.08. The lowest BCUT2D eigenvalue weighted by Gasteiger charge is -2.12. The highest BCUT2D eigenvalue weighted by Crippen LogP contribution is 2.27. The van der Waals surface area contributed by atoms with E-state index in [2.05, 4.69) is 16.9 Å². The standard InChI is InChI=1S/C16H13ClN2S2/c1-11-9-12(7-8-14(11)17)15-10-21-16(20)19(15)18-13-5-3-2-4-6-13/h2-10,18H,1H3. The Morgan fingerprint density at radius 1 is 1.14 bits per heavy atom. The van der Waals surface area contributed by atoms with Gasteiger partial charge < -0.3 is 0 Å². The summed E-state index contributed by atoms with van der Waals surface area (Å²) in [6.07, 6.45) is 0.